The summed E-state index contributed by atoms with van der Waals surface area (Å²) < 4.78 is 0. The van der Waals surface area contributed by atoms with Crippen molar-refractivity contribution in [2.75, 3.05) is 12.4 Å². The number of nitrogens with one attached hydrogen (secondary N) is 1. The van der Waals surface area contributed by atoms with E-state index in [1.54, 1.807) is 24.3 Å². The van der Waals surface area contributed by atoms with Crippen LogP contribution in [0.15, 0.2) is 58.6 Å². The van der Waals surface area contributed by atoms with Gasteiger partial charge in [-0.1, -0.05) is 29.3 Å². The third-order valence-corrected chi connectivity index (χ3v) is 5.30. The first kappa shape index (κ1) is 17.9. The smallest absolute Gasteiger partial charge is 0.224 e. The summed E-state index contributed by atoms with van der Waals surface area (Å²) in [6.45, 7) is 0. The molecule has 2 heterocycles. The molecular formula is C20H18Cl2N4O. The van der Waals surface area contributed by atoms with Gasteiger partial charge < -0.3 is 15.3 Å². The SMILES string of the molecule is CN1C=C(c2c(Cl)cccc2Cl)CC2C=NC(Nc3ccc(O)cc3)=NC21. The van der Waals surface area contributed by atoms with Gasteiger partial charge in [-0.25, -0.2) is 9.98 Å². The Hall–Kier alpha value is -2.50. The average Bonchev–Trinajstić information content (AvgIpc) is 2.64. The van der Waals surface area contributed by atoms with Gasteiger partial charge in [-0.2, -0.15) is 0 Å². The Morgan fingerprint density at radius 3 is 2.52 bits per heavy atom. The molecule has 27 heavy (non-hydrogen) atoms. The summed E-state index contributed by atoms with van der Waals surface area (Å²) in [6.07, 6.45) is 4.69. The van der Waals surface area contributed by atoms with Crippen LogP contribution in [0, 0.1) is 5.92 Å². The van der Waals surface area contributed by atoms with Gasteiger partial charge in [0.1, 0.15) is 11.9 Å². The third kappa shape index (κ3) is 3.66. The first-order valence-corrected chi connectivity index (χ1v) is 9.32. The predicted molar refractivity (Wildman–Crippen MR) is 112 cm³/mol. The molecule has 0 saturated carbocycles. The highest BCUT2D eigenvalue weighted by Gasteiger charge is 2.32. The van der Waals surface area contributed by atoms with Crippen molar-refractivity contribution in [3.05, 3.63) is 64.3 Å². The molecule has 0 fully saturated rings. The number of halogens is 2. The van der Waals surface area contributed by atoms with Crippen molar-refractivity contribution < 1.29 is 5.11 Å². The van der Waals surface area contributed by atoms with E-state index in [4.69, 9.17) is 28.2 Å². The quantitative estimate of drug-likeness (QED) is 0.706. The second-order valence-corrected chi connectivity index (χ2v) is 7.42. The molecule has 0 amide bonds. The maximum Gasteiger partial charge on any atom is 0.224 e. The lowest BCUT2D eigenvalue weighted by Crippen LogP contribution is -2.41. The molecule has 0 saturated heterocycles. The number of anilines is 1. The van der Waals surface area contributed by atoms with Crippen LogP contribution in [0.2, 0.25) is 10.0 Å². The summed E-state index contributed by atoms with van der Waals surface area (Å²) in [5, 5.41) is 13.9. The number of allylic oxidation sites excluding steroid dienone is 1. The van der Waals surface area contributed by atoms with Crippen LogP contribution in [0.4, 0.5) is 5.69 Å². The molecule has 0 bridgehead atoms. The Labute approximate surface area is 167 Å². The van der Waals surface area contributed by atoms with Gasteiger partial charge in [0.2, 0.25) is 5.96 Å². The normalized spacial score (nSPS) is 21.4. The topological polar surface area (TPSA) is 60.2 Å². The maximum absolute atomic E-state index is 9.39. The monoisotopic (exact) mass is 400 g/mol. The summed E-state index contributed by atoms with van der Waals surface area (Å²) >= 11 is 12.8. The summed E-state index contributed by atoms with van der Waals surface area (Å²) in [7, 11) is 1.99. The van der Waals surface area contributed by atoms with E-state index in [9.17, 15) is 5.11 Å². The third-order valence-electron chi connectivity index (χ3n) is 4.67. The van der Waals surface area contributed by atoms with Gasteiger partial charge >= 0.3 is 0 Å². The van der Waals surface area contributed by atoms with Gasteiger partial charge in [-0.3, -0.25) is 0 Å². The molecule has 2 aromatic carbocycles. The van der Waals surface area contributed by atoms with E-state index in [0.717, 1.165) is 23.2 Å². The average molecular weight is 401 g/mol. The predicted octanol–water partition coefficient (Wildman–Crippen LogP) is 4.87. The molecule has 2 aliphatic heterocycles. The standard InChI is InChI=1S/C20H18Cl2N4O/c1-26-11-13(18-16(21)3-2-4-17(18)22)9-12-10-23-20(25-19(12)26)24-14-5-7-15(27)8-6-14/h2-8,10-12,19,27H,9H2,1H3,(H,24,25). The lowest BCUT2D eigenvalue weighted by atomic mass is 9.89. The minimum atomic E-state index is -0.0490. The second kappa shape index (κ2) is 7.25. The van der Waals surface area contributed by atoms with E-state index in [-0.39, 0.29) is 17.8 Å². The van der Waals surface area contributed by atoms with Crippen molar-refractivity contribution in [3.8, 4) is 5.75 Å². The number of benzene rings is 2. The van der Waals surface area contributed by atoms with E-state index in [1.165, 1.54) is 0 Å². The van der Waals surface area contributed by atoms with E-state index >= 15 is 0 Å². The number of aromatic hydroxyl groups is 1. The Morgan fingerprint density at radius 1 is 1.11 bits per heavy atom. The van der Waals surface area contributed by atoms with E-state index in [0.29, 0.717) is 16.0 Å². The highest BCUT2D eigenvalue weighted by molar-refractivity contribution is 6.37. The molecule has 2 aromatic rings. The Morgan fingerprint density at radius 2 is 1.81 bits per heavy atom. The van der Waals surface area contributed by atoms with E-state index in [1.807, 2.05) is 31.5 Å². The van der Waals surface area contributed by atoms with Gasteiger partial charge in [0.15, 0.2) is 0 Å². The van der Waals surface area contributed by atoms with Gasteiger partial charge in [-0.15, -0.1) is 0 Å². The molecule has 138 valence electrons. The maximum atomic E-state index is 9.39. The second-order valence-electron chi connectivity index (χ2n) is 6.60. The van der Waals surface area contributed by atoms with Crippen LogP contribution < -0.4 is 5.32 Å². The molecule has 0 aliphatic carbocycles. The number of rotatable bonds is 2. The zero-order valence-electron chi connectivity index (χ0n) is 14.6. The number of guanidine groups is 1. The van der Waals surface area contributed by atoms with Crippen LogP contribution in [0.25, 0.3) is 5.57 Å². The number of fused-ring (bicyclic) bond motifs is 1. The fourth-order valence-corrected chi connectivity index (χ4v) is 4.03. The number of nitrogens with zero attached hydrogens (tertiary/aromatic N) is 3. The molecular weight excluding hydrogens is 383 g/mol. The molecule has 5 nitrogen and oxygen atoms in total. The summed E-state index contributed by atoms with van der Waals surface area (Å²) in [5.74, 6) is 0.895. The van der Waals surface area contributed by atoms with Crippen LogP contribution in [0.3, 0.4) is 0 Å². The summed E-state index contributed by atoms with van der Waals surface area (Å²) in [4.78, 5) is 11.3. The molecule has 4 rings (SSSR count). The summed E-state index contributed by atoms with van der Waals surface area (Å²) in [5.41, 5.74) is 2.77. The molecule has 7 heteroatoms. The van der Waals surface area contributed by atoms with Gasteiger partial charge in [0, 0.05) is 46.7 Å². The first-order valence-electron chi connectivity index (χ1n) is 8.56. The number of aliphatic imine (C=N–C) groups is 2. The zero-order valence-corrected chi connectivity index (χ0v) is 16.1. The Kier molecular flexibility index (Phi) is 4.81. The molecule has 2 unspecified atom stereocenters. The minimum Gasteiger partial charge on any atom is -0.508 e. The van der Waals surface area contributed by atoms with E-state index in [2.05, 4.69) is 21.4 Å². The first-order chi connectivity index (χ1) is 13.0. The van der Waals surface area contributed by atoms with Crippen LogP contribution in [-0.4, -0.2) is 35.4 Å². The van der Waals surface area contributed by atoms with Crippen molar-refractivity contribution >= 4 is 46.6 Å². The number of hydrogen-bond donors (Lipinski definition) is 2. The van der Waals surface area contributed by atoms with Crippen molar-refractivity contribution in [2.45, 2.75) is 12.6 Å². The molecule has 0 radical (unpaired) electrons. The molecule has 2 atom stereocenters. The fraction of sp³-hybridized carbons (Fsp3) is 0.200. The van der Waals surface area contributed by atoms with Gasteiger partial charge in [-0.05, 0) is 48.4 Å². The number of phenolic OH excluding ortho intramolecular Hbond substituents is 1. The van der Waals surface area contributed by atoms with Crippen molar-refractivity contribution in [2.24, 2.45) is 15.9 Å². The fourth-order valence-electron chi connectivity index (χ4n) is 3.39. The van der Waals surface area contributed by atoms with E-state index < -0.39 is 0 Å². The van der Waals surface area contributed by atoms with Gasteiger partial charge in [0.25, 0.3) is 0 Å². The van der Waals surface area contributed by atoms with Crippen LogP contribution in [0.1, 0.15) is 12.0 Å². The largest absolute Gasteiger partial charge is 0.508 e. The molecule has 2 aliphatic rings. The zero-order chi connectivity index (χ0) is 19.0. The van der Waals surface area contributed by atoms with Crippen molar-refractivity contribution in [1.29, 1.82) is 0 Å². The Bertz CT molecular complexity index is 933. The van der Waals surface area contributed by atoms with Crippen LogP contribution in [-0.2, 0) is 0 Å². The highest BCUT2D eigenvalue weighted by atomic mass is 35.5. The minimum absolute atomic E-state index is 0.0490. The number of hydrogen-bond acceptors (Lipinski definition) is 5. The molecule has 0 aromatic heterocycles. The highest BCUT2D eigenvalue weighted by Crippen LogP contribution is 2.39. The Balaban J connectivity index is 1.58. The van der Waals surface area contributed by atoms with Gasteiger partial charge in [0.05, 0.1) is 0 Å². The lowest BCUT2D eigenvalue weighted by Gasteiger charge is -2.37. The van der Waals surface area contributed by atoms with Crippen LogP contribution in [0.5, 0.6) is 5.75 Å². The van der Waals surface area contributed by atoms with Crippen LogP contribution >= 0.6 is 23.2 Å². The number of phenols is 1. The lowest BCUT2D eigenvalue weighted by molar-refractivity contribution is 0.275. The van der Waals surface area contributed by atoms with Crippen molar-refractivity contribution in [3.63, 3.8) is 0 Å². The van der Waals surface area contributed by atoms with Crippen molar-refractivity contribution in [1.82, 2.24) is 4.90 Å². The molecule has 0 spiro atoms. The molecule has 2 N–H and O–H groups in total. The summed E-state index contributed by atoms with van der Waals surface area (Å²) in [6, 6.07) is 12.3.